The number of aromatic nitrogens is 1. The van der Waals surface area contributed by atoms with Gasteiger partial charge in [0.05, 0.1) is 11.4 Å². The molecule has 7 heteroatoms. The van der Waals surface area contributed by atoms with Gasteiger partial charge in [-0.05, 0) is 61.4 Å². The zero-order valence-corrected chi connectivity index (χ0v) is 18.3. The second-order valence-corrected chi connectivity index (χ2v) is 8.82. The summed E-state index contributed by atoms with van der Waals surface area (Å²) in [5.41, 5.74) is 9.54. The van der Waals surface area contributed by atoms with Gasteiger partial charge < -0.3 is 20.9 Å². The van der Waals surface area contributed by atoms with Crippen molar-refractivity contribution in [2.24, 2.45) is 10.7 Å². The first-order valence-corrected chi connectivity index (χ1v) is 11.1. The normalized spacial score (nSPS) is 17.4. The number of benzene rings is 1. The molecule has 0 bridgehead atoms. The monoisotopic (exact) mass is 421 g/mol. The van der Waals surface area contributed by atoms with Gasteiger partial charge in [-0.2, -0.15) is 0 Å². The molecule has 0 atom stereocenters. The Morgan fingerprint density at radius 3 is 2.55 bits per heavy atom. The highest BCUT2D eigenvalue weighted by atomic mass is 16.2. The van der Waals surface area contributed by atoms with Crippen LogP contribution in [0.2, 0.25) is 0 Å². The van der Waals surface area contributed by atoms with Gasteiger partial charge in [-0.25, -0.2) is 4.99 Å². The van der Waals surface area contributed by atoms with Crippen LogP contribution < -0.4 is 16.6 Å². The second kappa shape index (κ2) is 8.96. The molecular formula is C24H31N5O2. The van der Waals surface area contributed by atoms with E-state index in [4.69, 9.17) is 5.73 Å². The van der Waals surface area contributed by atoms with Gasteiger partial charge >= 0.3 is 0 Å². The highest BCUT2D eigenvalue weighted by Crippen LogP contribution is 2.43. The molecule has 2 aliphatic carbocycles. The van der Waals surface area contributed by atoms with Crippen LogP contribution in [0, 0.1) is 0 Å². The molecule has 2 saturated carbocycles. The fourth-order valence-corrected chi connectivity index (χ4v) is 4.30. The third-order valence-corrected chi connectivity index (χ3v) is 6.12. The lowest BCUT2D eigenvalue weighted by Crippen LogP contribution is -2.29. The molecule has 0 spiro atoms. The molecule has 1 heterocycles. The first-order valence-electron chi connectivity index (χ1n) is 11.1. The van der Waals surface area contributed by atoms with E-state index < -0.39 is 0 Å². The third-order valence-electron chi connectivity index (χ3n) is 6.12. The molecule has 0 saturated heterocycles. The van der Waals surface area contributed by atoms with E-state index in [1.165, 1.54) is 19.3 Å². The van der Waals surface area contributed by atoms with E-state index in [1.807, 2.05) is 18.2 Å². The number of hydrogen-bond donors (Lipinski definition) is 3. The van der Waals surface area contributed by atoms with Crippen LogP contribution in [0.1, 0.15) is 72.3 Å². The summed E-state index contributed by atoms with van der Waals surface area (Å²) in [6, 6.07) is 7.74. The van der Waals surface area contributed by atoms with Crippen molar-refractivity contribution < 1.29 is 4.79 Å². The number of amidine groups is 1. The number of carbonyl (C=O) groups excluding carboxylic acids is 1. The number of amides is 1. The number of carbonyl (C=O) groups is 1. The lowest BCUT2D eigenvalue weighted by molar-refractivity contribution is 0.0826. The van der Waals surface area contributed by atoms with Gasteiger partial charge in [0.15, 0.2) is 0 Å². The Balaban J connectivity index is 1.66. The summed E-state index contributed by atoms with van der Waals surface area (Å²) in [5, 5.41) is 3.50. The smallest absolute Gasteiger partial charge is 0.261 e. The van der Waals surface area contributed by atoms with Crippen molar-refractivity contribution in [1.29, 1.82) is 0 Å². The predicted molar refractivity (Wildman–Crippen MR) is 124 cm³/mol. The molecule has 0 radical (unpaired) electrons. The lowest BCUT2D eigenvalue weighted by atomic mass is 9.95. The Bertz CT molecular complexity index is 1050. The zero-order valence-electron chi connectivity index (χ0n) is 18.3. The second-order valence-electron chi connectivity index (χ2n) is 8.82. The molecule has 7 nitrogen and oxygen atoms in total. The van der Waals surface area contributed by atoms with E-state index in [0.717, 1.165) is 36.9 Å². The summed E-state index contributed by atoms with van der Waals surface area (Å²) in [4.78, 5) is 34.0. The maximum Gasteiger partial charge on any atom is 0.261 e. The zero-order chi connectivity index (χ0) is 22.0. The van der Waals surface area contributed by atoms with Crippen LogP contribution in [0.15, 0.2) is 40.2 Å². The standard InChI is InChI=1S/C24H31N5O2/c1-29(2)24(31)18-11-10-17(14-19(18)15-8-9-15)28-22(25)21-20(12-13-26-23(21)30)27-16-6-4-3-5-7-16/h10-16H,3-9H2,1-2H3,(H2,25,28)(H2,26,27,30). The van der Waals surface area contributed by atoms with Gasteiger partial charge in [0.2, 0.25) is 0 Å². The van der Waals surface area contributed by atoms with Crippen molar-refractivity contribution in [3.63, 3.8) is 0 Å². The fraction of sp³-hybridized carbons (Fsp3) is 0.458. The van der Waals surface area contributed by atoms with Crippen molar-refractivity contribution in [2.45, 2.75) is 56.9 Å². The van der Waals surface area contributed by atoms with E-state index in [1.54, 1.807) is 31.3 Å². The van der Waals surface area contributed by atoms with Gasteiger partial charge in [0.1, 0.15) is 11.4 Å². The molecule has 0 unspecified atom stereocenters. The SMILES string of the molecule is CN(C)C(=O)c1ccc(N=C(N)c2c(NC3CCCCC3)cc[nH]c2=O)cc1C1CC1. The molecular weight excluding hydrogens is 390 g/mol. The summed E-state index contributed by atoms with van der Waals surface area (Å²) < 4.78 is 0. The van der Waals surface area contributed by atoms with Gasteiger partial charge in [-0.15, -0.1) is 0 Å². The van der Waals surface area contributed by atoms with E-state index in [0.29, 0.717) is 28.8 Å². The van der Waals surface area contributed by atoms with Crippen LogP contribution >= 0.6 is 0 Å². The van der Waals surface area contributed by atoms with Crippen molar-refractivity contribution >= 4 is 23.1 Å². The van der Waals surface area contributed by atoms with Crippen LogP contribution in [0.3, 0.4) is 0 Å². The minimum Gasteiger partial charge on any atom is -0.383 e. The van der Waals surface area contributed by atoms with Crippen LogP contribution in [0.4, 0.5) is 11.4 Å². The molecule has 2 aliphatic rings. The lowest BCUT2D eigenvalue weighted by Gasteiger charge is -2.24. The summed E-state index contributed by atoms with van der Waals surface area (Å²) in [6.45, 7) is 0. The number of aliphatic imine (C=N–C) groups is 1. The van der Waals surface area contributed by atoms with Gasteiger partial charge in [0, 0.05) is 31.9 Å². The average Bonchev–Trinajstić information content (AvgIpc) is 3.59. The number of H-pyrrole nitrogens is 1. The molecule has 31 heavy (non-hydrogen) atoms. The topological polar surface area (TPSA) is 104 Å². The van der Waals surface area contributed by atoms with Crippen molar-refractivity contribution in [1.82, 2.24) is 9.88 Å². The fourth-order valence-electron chi connectivity index (χ4n) is 4.30. The minimum atomic E-state index is -0.260. The summed E-state index contributed by atoms with van der Waals surface area (Å²) in [7, 11) is 3.51. The van der Waals surface area contributed by atoms with Crippen LogP contribution in [0.25, 0.3) is 0 Å². The van der Waals surface area contributed by atoms with Gasteiger partial charge in [0.25, 0.3) is 11.5 Å². The van der Waals surface area contributed by atoms with Crippen LogP contribution in [-0.2, 0) is 0 Å². The third kappa shape index (κ3) is 4.81. The largest absolute Gasteiger partial charge is 0.383 e. The Hall–Kier alpha value is -3.09. The van der Waals surface area contributed by atoms with E-state index in [2.05, 4.69) is 15.3 Å². The number of pyridine rings is 1. The number of nitrogens with two attached hydrogens (primary N) is 1. The van der Waals surface area contributed by atoms with E-state index >= 15 is 0 Å². The molecule has 4 N–H and O–H groups in total. The number of nitrogens with zero attached hydrogens (tertiary/aromatic N) is 2. The number of aromatic amines is 1. The molecule has 1 aromatic heterocycles. The first-order chi connectivity index (χ1) is 14.9. The highest BCUT2D eigenvalue weighted by Gasteiger charge is 2.29. The maximum absolute atomic E-state index is 12.6. The Morgan fingerprint density at radius 2 is 1.87 bits per heavy atom. The number of anilines is 1. The molecule has 1 aromatic carbocycles. The van der Waals surface area contributed by atoms with Crippen molar-refractivity contribution in [3.05, 3.63) is 57.5 Å². The predicted octanol–water partition coefficient (Wildman–Crippen LogP) is 3.74. The van der Waals surface area contributed by atoms with E-state index in [-0.39, 0.29) is 17.3 Å². The van der Waals surface area contributed by atoms with Crippen LogP contribution in [-0.4, -0.2) is 41.8 Å². The Morgan fingerprint density at radius 1 is 1.13 bits per heavy atom. The number of rotatable bonds is 6. The quantitative estimate of drug-likeness (QED) is 0.488. The molecule has 1 amide bonds. The summed E-state index contributed by atoms with van der Waals surface area (Å²) >= 11 is 0. The molecule has 2 aromatic rings. The van der Waals surface area contributed by atoms with E-state index in [9.17, 15) is 9.59 Å². The van der Waals surface area contributed by atoms with Gasteiger partial charge in [-0.3, -0.25) is 9.59 Å². The summed E-state index contributed by atoms with van der Waals surface area (Å²) in [5.74, 6) is 0.552. The van der Waals surface area contributed by atoms with Gasteiger partial charge in [-0.1, -0.05) is 19.3 Å². The molecule has 0 aliphatic heterocycles. The molecule has 2 fully saturated rings. The molecule has 164 valence electrons. The average molecular weight is 422 g/mol. The Labute approximate surface area is 182 Å². The number of nitrogens with one attached hydrogen (secondary N) is 2. The minimum absolute atomic E-state index is 0.0103. The Kier molecular flexibility index (Phi) is 6.11. The van der Waals surface area contributed by atoms with Crippen molar-refractivity contribution in [3.8, 4) is 0 Å². The van der Waals surface area contributed by atoms with Crippen molar-refractivity contribution in [2.75, 3.05) is 19.4 Å². The highest BCUT2D eigenvalue weighted by molar-refractivity contribution is 6.03. The maximum atomic E-state index is 12.6. The molecule has 4 rings (SSSR count). The first kappa shape index (κ1) is 21.2. The number of hydrogen-bond acceptors (Lipinski definition) is 4. The van der Waals surface area contributed by atoms with Crippen LogP contribution in [0.5, 0.6) is 0 Å². The summed E-state index contributed by atoms with van der Waals surface area (Å²) in [6.07, 6.45) is 9.62.